The minimum atomic E-state index is -0.771. The van der Waals surface area contributed by atoms with E-state index in [1.54, 1.807) is 0 Å². The van der Waals surface area contributed by atoms with Gasteiger partial charge in [0.1, 0.15) is 12.0 Å². The molecule has 0 spiro atoms. The Hall–Kier alpha value is -2.60. The third-order valence-electron chi connectivity index (χ3n) is 4.76. The van der Waals surface area contributed by atoms with Gasteiger partial charge in [-0.1, -0.05) is 74.5 Å². The van der Waals surface area contributed by atoms with Gasteiger partial charge in [0, 0.05) is 12.8 Å². The van der Waals surface area contributed by atoms with Gasteiger partial charge in [0.25, 0.3) is 0 Å². The van der Waals surface area contributed by atoms with E-state index in [1.807, 2.05) is 36.4 Å². The molecule has 1 heterocycles. The van der Waals surface area contributed by atoms with E-state index in [4.69, 9.17) is 9.73 Å². The molecule has 3 heteroatoms. The highest BCUT2D eigenvalue weighted by Crippen LogP contribution is 2.33. The molecule has 0 saturated carbocycles. The smallest absolute Gasteiger partial charge is 0.205 e. The van der Waals surface area contributed by atoms with Crippen LogP contribution < -0.4 is 0 Å². The molecule has 3 rings (SSSR count). The van der Waals surface area contributed by atoms with Crippen molar-refractivity contribution in [1.29, 1.82) is 5.26 Å². The van der Waals surface area contributed by atoms with Crippen molar-refractivity contribution in [1.82, 2.24) is 0 Å². The summed E-state index contributed by atoms with van der Waals surface area (Å²) in [6, 6.07) is 23.0. The highest BCUT2D eigenvalue weighted by atomic mass is 16.5. The summed E-state index contributed by atoms with van der Waals surface area (Å²) in [6.07, 6.45) is 1.20. The molecule has 25 heavy (non-hydrogen) atoms. The fourth-order valence-electron chi connectivity index (χ4n) is 3.22. The van der Waals surface area contributed by atoms with E-state index < -0.39 is 5.41 Å². The van der Waals surface area contributed by atoms with Crippen LogP contribution in [0.5, 0.6) is 0 Å². The van der Waals surface area contributed by atoms with Crippen LogP contribution in [0.3, 0.4) is 0 Å². The van der Waals surface area contributed by atoms with E-state index in [0.717, 1.165) is 11.1 Å². The van der Waals surface area contributed by atoms with Gasteiger partial charge in [0.05, 0.1) is 12.1 Å². The first kappa shape index (κ1) is 17.2. The first-order valence-electron chi connectivity index (χ1n) is 8.83. The Balaban J connectivity index is 1.98. The van der Waals surface area contributed by atoms with Gasteiger partial charge >= 0.3 is 0 Å². The molecule has 2 aromatic rings. The summed E-state index contributed by atoms with van der Waals surface area (Å²) in [6.45, 7) is 4.85. The maximum Gasteiger partial charge on any atom is 0.205 e. The minimum absolute atomic E-state index is 0.134. The number of aliphatic imine (C=N–C) groups is 1. The Morgan fingerprint density at radius 1 is 1.04 bits per heavy atom. The molecule has 1 aliphatic heterocycles. The molecule has 0 unspecified atom stereocenters. The highest BCUT2D eigenvalue weighted by molar-refractivity contribution is 5.87. The Kier molecular flexibility index (Phi) is 5.19. The third-order valence-corrected chi connectivity index (χ3v) is 4.76. The average Bonchev–Trinajstić information content (AvgIpc) is 3.14. The quantitative estimate of drug-likeness (QED) is 0.785. The van der Waals surface area contributed by atoms with Gasteiger partial charge < -0.3 is 4.74 Å². The van der Waals surface area contributed by atoms with Gasteiger partial charge in [-0.15, -0.1) is 0 Å². The Labute approximate surface area is 150 Å². The summed E-state index contributed by atoms with van der Waals surface area (Å²) in [5.41, 5.74) is 1.48. The first-order valence-corrected chi connectivity index (χ1v) is 8.83. The molecule has 0 aromatic heterocycles. The standard InChI is InChI=1S/C22H24N2O/c1-17(2)20-15-25-21(24-20)22(16-23,13-18-9-5-3-6-10-18)14-19-11-7-4-8-12-19/h3-12,17,20H,13-15H2,1-2H3/t20-/m1/s1. The Morgan fingerprint density at radius 2 is 1.56 bits per heavy atom. The molecule has 3 nitrogen and oxygen atoms in total. The number of rotatable bonds is 6. The van der Waals surface area contributed by atoms with Gasteiger partial charge in [-0.2, -0.15) is 5.26 Å². The SMILES string of the molecule is CC(C)[C@H]1COC(C(C#N)(Cc2ccccc2)Cc2ccccc2)=N1. The van der Waals surface area contributed by atoms with Crippen LogP contribution in [0.4, 0.5) is 0 Å². The summed E-state index contributed by atoms with van der Waals surface area (Å²) in [7, 11) is 0. The van der Waals surface area contributed by atoms with Crippen LogP contribution in [0.2, 0.25) is 0 Å². The van der Waals surface area contributed by atoms with Crippen LogP contribution in [0.25, 0.3) is 0 Å². The molecule has 0 bridgehead atoms. The van der Waals surface area contributed by atoms with Crippen LogP contribution in [0.15, 0.2) is 65.7 Å². The second-order valence-corrected chi connectivity index (χ2v) is 7.08. The molecular weight excluding hydrogens is 308 g/mol. The Bertz CT molecular complexity index is 718. The van der Waals surface area contributed by atoms with Crippen molar-refractivity contribution >= 4 is 5.90 Å². The monoisotopic (exact) mass is 332 g/mol. The predicted octanol–water partition coefficient (Wildman–Crippen LogP) is 4.44. The molecule has 1 aliphatic rings. The molecule has 0 saturated heterocycles. The zero-order valence-corrected chi connectivity index (χ0v) is 14.9. The van der Waals surface area contributed by atoms with Crippen molar-refractivity contribution < 1.29 is 4.74 Å². The van der Waals surface area contributed by atoms with Gasteiger partial charge in [-0.05, 0) is 17.0 Å². The second-order valence-electron chi connectivity index (χ2n) is 7.08. The van der Waals surface area contributed by atoms with E-state index in [2.05, 4.69) is 44.2 Å². The van der Waals surface area contributed by atoms with Gasteiger partial charge in [-0.25, -0.2) is 4.99 Å². The molecule has 0 N–H and O–H groups in total. The largest absolute Gasteiger partial charge is 0.478 e. The lowest BCUT2D eigenvalue weighted by atomic mass is 9.77. The van der Waals surface area contributed by atoms with Crippen molar-refractivity contribution in [3.63, 3.8) is 0 Å². The Morgan fingerprint density at radius 3 is 1.96 bits per heavy atom. The molecule has 0 amide bonds. The van der Waals surface area contributed by atoms with E-state index in [0.29, 0.717) is 31.3 Å². The molecule has 0 radical (unpaired) electrons. The van der Waals surface area contributed by atoms with Crippen molar-refractivity contribution in [3.05, 3.63) is 71.8 Å². The van der Waals surface area contributed by atoms with Crippen LogP contribution in [0.1, 0.15) is 25.0 Å². The number of ether oxygens (including phenoxy) is 1. The highest BCUT2D eigenvalue weighted by Gasteiger charge is 2.42. The maximum atomic E-state index is 10.2. The molecule has 128 valence electrons. The summed E-state index contributed by atoms with van der Waals surface area (Å²) in [5.74, 6) is 1.00. The molecular formula is C22H24N2O. The fourth-order valence-corrected chi connectivity index (χ4v) is 3.22. The lowest BCUT2D eigenvalue weighted by molar-refractivity contribution is 0.263. The zero-order valence-electron chi connectivity index (χ0n) is 14.9. The summed E-state index contributed by atoms with van der Waals surface area (Å²) in [4.78, 5) is 4.80. The van der Waals surface area contributed by atoms with E-state index in [-0.39, 0.29) is 6.04 Å². The molecule has 0 aliphatic carbocycles. The summed E-state index contributed by atoms with van der Waals surface area (Å²) in [5, 5.41) is 10.2. The van der Waals surface area contributed by atoms with Gasteiger partial charge in [-0.3, -0.25) is 0 Å². The summed E-state index contributed by atoms with van der Waals surface area (Å²) >= 11 is 0. The number of hydrogen-bond donors (Lipinski definition) is 0. The van der Waals surface area contributed by atoms with Crippen LogP contribution in [-0.2, 0) is 17.6 Å². The number of hydrogen-bond acceptors (Lipinski definition) is 3. The van der Waals surface area contributed by atoms with E-state index in [1.165, 1.54) is 0 Å². The van der Waals surface area contributed by atoms with Gasteiger partial charge in [0.2, 0.25) is 5.90 Å². The normalized spacial score (nSPS) is 17.0. The topological polar surface area (TPSA) is 45.4 Å². The molecule has 0 fully saturated rings. The molecule has 2 aromatic carbocycles. The second kappa shape index (κ2) is 7.53. The number of nitrogens with zero attached hydrogens (tertiary/aromatic N) is 2. The lowest BCUT2D eigenvalue weighted by Gasteiger charge is -2.26. The predicted molar refractivity (Wildman–Crippen MR) is 100 cm³/mol. The van der Waals surface area contributed by atoms with Crippen LogP contribution in [0, 0.1) is 22.7 Å². The number of nitriles is 1. The zero-order chi connectivity index (χ0) is 17.7. The third kappa shape index (κ3) is 3.91. The minimum Gasteiger partial charge on any atom is -0.478 e. The van der Waals surface area contributed by atoms with E-state index >= 15 is 0 Å². The van der Waals surface area contributed by atoms with Crippen LogP contribution >= 0.6 is 0 Å². The van der Waals surface area contributed by atoms with Crippen molar-refractivity contribution in [3.8, 4) is 6.07 Å². The van der Waals surface area contributed by atoms with Crippen molar-refractivity contribution in [2.45, 2.75) is 32.7 Å². The number of benzene rings is 2. The first-order chi connectivity index (χ1) is 12.1. The van der Waals surface area contributed by atoms with Gasteiger partial charge in [0.15, 0.2) is 0 Å². The van der Waals surface area contributed by atoms with Crippen LogP contribution in [-0.4, -0.2) is 18.5 Å². The fraction of sp³-hybridized carbons (Fsp3) is 0.364. The molecule has 1 atom stereocenters. The van der Waals surface area contributed by atoms with Crippen molar-refractivity contribution in [2.75, 3.05) is 6.61 Å². The lowest BCUT2D eigenvalue weighted by Crippen LogP contribution is -2.35. The maximum absolute atomic E-state index is 10.2. The average molecular weight is 332 g/mol. The van der Waals surface area contributed by atoms with Crippen molar-refractivity contribution in [2.24, 2.45) is 16.3 Å². The van der Waals surface area contributed by atoms with E-state index in [9.17, 15) is 5.26 Å². The summed E-state index contributed by atoms with van der Waals surface area (Å²) < 4.78 is 5.96.